The molecule has 0 nitrogen and oxygen atoms in total. The van der Waals surface area contributed by atoms with E-state index in [0.717, 1.165) is 116 Å². The Morgan fingerprint density at radius 2 is 0.757 bits per heavy atom. The minimum Gasteiger partial charge on any atom is -0.132 e. The van der Waals surface area contributed by atoms with Crippen molar-refractivity contribution in [3.63, 3.8) is 0 Å². The predicted octanol–water partition coefficient (Wildman–Crippen LogP) is 6.58. The maximum absolute atomic E-state index is 7.82. The van der Waals surface area contributed by atoms with Crippen LogP contribution in [0.2, 0.25) is 5.82 Å². The molecule has 0 fully saturated rings. The molecule has 2 aliphatic rings. The van der Waals surface area contributed by atoms with Crippen LogP contribution in [0.4, 0.5) is 0 Å². The molecular formula is C85H58B22. The smallest absolute Gasteiger partial charge is 0.115 e. The van der Waals surface area contributed by atoms with Gasteiger partial charge in [0, 0.05) is 158 Å². The van der Waals surface area contributed by atoms with Gasteiger partial charge >= 0.3 is 0 Å². The second kappa shape index (κ2) is 35.4. The minimum atomic E-state index is -1.17. The quantitative estimate of drug-likeness (QED) is 0.0740. The van der Waals surface area contributed by atoms with E-state index in [-0.39, 0.29) is 11.8 Å². The maximum Gasteiger partial charge on any atom is 0.115 e. The Bertz CT molecular complexity index is 5920. The number of aryl methyl sites for hydroxylation is 5. The van der Waals surface area contributed by atoms with Gasteiger partial charge in [-0.25, -0.2) is 0 Å². The van der Waals surface area contributed by atoms with Crippen LogP contribution in [0.25, 0.3) is 54.5 Å². The molecule has 2 aliphatic carbocycles. The van der Waals surface area contributed by atoms with Crippen LogP contribution >= 0.6 is 0 Å². The molecule has 22 heteroatoms. The lowest BCUT2D eigenvalue weighted by Crippen LogP contribution is -2.62. The fourth-order valence-corrected chi connectivity index (χ4v) is 16.6. The van der Waals surface area contributed by atoms with Crippen LogP contribution in [0.3, 0.4) is 0 Å². The van der Waals surface area contributed by atoms with E-state index < -0.39 is 63.1 Å². The zero-order valence-electron chi connectivity index (χ0n) is 64.2. The molecule has 6 aromatic carbocycles. The Labute approximate surface area is 661 Å². The Morgan fingerprint density at radius 1 is 0.336 bits per heavy atom. The standard InChI is InChI=1S/C85H58B22/c1-21-27-32-35-37-41-47-66-63(45-40-36-33-28-22-2)64(44-39-34-29-23-3)67(46-38-30-24-4)79-77-65(43-31-25-5)62(42-26-6)51(10)56(15)69(77)60(19)75(78(66)79)80-70-53(12)49(8)48(7)52(11)68(70)59(18)74-71(54(13)50(9)55(14)73(74)80)72-57(16)58(17)82(86)81-76(72)61(20)83(100(98-87)103(89)90)85(101(104(91)92)105(93)94)84(81)102(106(95)96)107(97)99-88/h1,3,5,50,55,61,83H,2,4,6-20H3. The number of hydrogen-bond donors (Lipinski definition) is 0. The lowest BCUT2D eigenvalue weighted by atomic mass is 8.66. The Hall–Kier alpha value is -9.59. The van der Waals surface area contributed by atoms with Crippen LogP contribution in [0.15, 0.2) is 11.0 Å². The first-order valence-electron chi connectivity index (χ1n) is 35.1. The normalized spacial score (nSPS) is 13.7. The first-order valence-corrected chi connectivity index (χ1v) is 35.1. The van der Waals surface area contributed by atoms with Gasteiger partial charge in [0.25, 0.3) is 0 Å². The zero-order chi connectivity index (χ0) is 79.1. The van der Waals surface area contributed by atoms with Gasteiger partial charge in [-0.05, 0) is 332 Å². The van der Waals surface area contributed by atoms with Crippen LogP contribution in [0.5, 0.6) is 0 Å². The van der Waals surface area contributed by atoms with Crippen molar-refractivity contribution in [1.29, 1.82) is 0 Å². The Balaban J connectivity index is 1.93. The van der Waals surface area contributed by atoms with Gasteiger partial charge in [-0.15, -0.1) is 36.1 Å². The fraction of sp³-hybridized carbons (Fsp3) is 0.247. The Morgan fingerprint density at radius 3 is 1.27 bits per heavy atom. The third-order valence-electron chi connectivity index (χ3n) is 22.1. The van der Waals surface area contributed by atoms with E-state index in [9.17, 15) is 0 Å². The van der Waals surface area contributed by atoms with Crippen molar-refractivity contribution >= 4 is 207 Å². The number of rotatable bonds is 12. The van der Waals surface area contributed by atoms with Crippen molar-refractivity contribution in [1.82, 2.24) is 0 Å². The van der Waals surface area contributed by atoms with Gasteiger partial charge in [0.15, 0.2) is 0 Å². The molecule has 107 heavy (non-hydrogen) atoms. The summed E-state index contributed by atoms with van der Waals surface area (Å²) in [7, 11) is 86.9. The van der Waals surface area contributed by atoms with E-state index in [1.165, 1.54) is 14.1 Å². The third-order valence-corrected chi connectivity index (χ3v) is 22.1. The van der Waals surface area contributed by atoms with Crippen molar-refractivity contribution in [2.75, 3.05) is 0 Å². The summed E-state index contributed by atoms with van der Waals surface area (Å²) in [6.07, 6.45) is 12.0. The molecular weight excluding hydrogens is 1260 g/mol. The van der Waals surface area contributed by atoms with Gasteiger partial charge in [-0.1, -0.05) is 90.6 Å². The Kier molecular flexibility index (Phi) is 27.5. The first kappa shape index (κ1) is 83.1. The zero-order valence-corrected chi connectivity index (χ0v) is 64.2. The summed E-state index contributed by atoms with van der Waals surface area (Å²) in [6, 6.07) is 0. The molecule has 464 valence electrons. The van der Waals surface area contributed by atoms with Crippen LogP contribution in [-0.2, 0) is 0 Å². The van der Waals surface area contributed by atoms with E-state index in [1.54, 1.807) is 20.8 Å². The summed E-state index contributed by atoms with van der Waals surface area (Å²) in [6.45, 7) is 32.9. The molecule has 4 atom stereocenters. The summed E-state index contributed by atoms with van der Waals surface area (Å²) < 4.78 is 0. The predicted molar refractivity (Wildman–Crippen MR) is 484 cm³/mol. The summed E-state index contributed by atoms with van der Waals surface area (Å²) >= 11 is 0. The first-order chi connectivity index (χ1) is 50.9. The van der Waals surface area contributed by atoms with Gasteiger partial charge in [0.1, 0.15) is 7.85 Å². The molecule has 0 saturated heterocycles. The summed E-state index contributed by atoms with van der Waals surface area (Å²) in [5, 5.41) is 4.79. The minimum absolute atomic E-state index is 0.195. The largest absolute Gasteiger partial charge is 0.132 e. The SMILES string of the molecule is [B][B]B([B])B(B([B])[B])C1=C(B(B([B])[B])B([B])[B])C(B([B][B])B([B])[B])C(C)c2c1c([B])c(C)c(C)c2C1=C(C)C(C)C(C)c2c1c(C)c1c(C)c(C)c(C)c(C)c1c2-c1c(C)c2c(C)c(C)c(C#CC)c(C#CC#C)c2c2c(C#CC#CC)c(C#CC#CC#C)c(C#CC#CC#CC)c(C#CC#CC#CC#C)c12. The van der Waals surface area contributed by atoms with Crippen LogP contribution in [-0.4, -0.2) is 158 Å². The lowest BCUT2D eigenvalue weighted by Gasteiger charge is -2.50. The van der Waals surface area contributed by atoms with E-state index >= 15 is 0 Å². The van der Waals surface area contributed by atoms with Gasteiger partial charge in [-0.3, -0.25) is 0 Å². The monoisotopic (exact) mass is 1320 g/mol. The van der Waals surface area contributed by atoms with E-state index in [2.05, 4.69) is 250 Å². The van der Waals surface area contributed by atoms with Gasteiger partial charge < -0.3 is 0 Å². The summed E-state index contributed by atoms with van der Waals surface area (Å²) in [5.74, 6) is 79.4. The van der Waals surface area contributed by atoms with Crippen molar-refractivity contribution in [2.24, 2.45) is 5.92 Å². The van der Waals surface area contributed by atoms with Crippen molar-refractivity contribution in [3.8, 4) is 190 Å². The molecule has 0 aliphatic heterocycles. The van der Waals surface area contributed by atoms with E-state index in [4.69, 9.17) is 112 Å². The molecule has 0 heterocycles. The molecule has 6 aromatic rings. The van der Waals surface area contributed by atoms with Crippen molar-refractivity contribution in [3.05, 3.63) is 128 Å². The van der Waals surface area contributed by atoms with Crippen LogP contribution in [0.1, 0.15) is 177 Å². The molecule has 0 aromatic heterocycles. The second-order valence-corrected chi connectivity index (χ2v) is 27.4. The highest BCUT2D eigenvalue weighted by atomic mass is 14.4. The van der Waals surface area contributed by atoms with Crippen LogP contribution < -0.4 is 5.46 Å². The molecule has 0 bridgehead atoms. The molecule has 4 unspecified atom stereocenters. The molecule has 0 saturated carbocycles. The number of hydrogen-bond acceptors (Lipinski definition) is 0. The molecule has 0 amide bonds. The van der Waals surface area contributed by atoms with Gasteiger partial charge in [0.05, 0.1) is 41.7 Å². The lowest BCUT2D eigenvalue weighted by molar-refractivity contribution is 0.553. The number of allylic oxidation sites excluding steroid dienone is 2. The molecule has 0 N–H and O–H groups in total. The number of benzene rings is 6. The van der Waals surface area contributed by atoms with E-state index in [0.29, 0.717) is 71.5 Å². The highest BCUT2D eigenvalue weighted by Gasteiger charge is 2.49. The molecule has 0 spiro atoms. The second-order valence-electron chi connectivity index (χ2n) is 27.4. The van der Waals surface area contributed by atoms with Gasteiger partial charge in [0.2, 0.25) is 0 Å². The molecule has 26 radical (unpaired) electrons. The number of fused-ring (bicyclic) bond motifs is 6. The topological polar surface area (TPSA) is 0 Å². The van der Waals surface area contributed by atoms with Crippen molar-refractivity contribution < 1.29 is 0 Å². The molecule has 8 rings (SSSR count). The van der Waals surface area contributed by atoms with E-state index in [1.807, 2.05) is 6.92 Å². The highest BCUT2D eigenvalue weighted by molar-refractivity contribution is 7.89. The average molecular weight is 1320 g/mol. The number of terminal acetylenes is 3. The summed E-state index contributed by atoms with van der Waals surface area (Å²) in [4.78, 5) is 0. The summed E-state index contributed by atoms with van der Waals surface area (Å²) in [5.41, 5.74) is 22.1. The van der Waals surface area contributed by atoms with Crippen molar-refractivity contribution in [2.45, 2.75) is 135 Å². The third kappa shape index (κ3) is 15.0. The van der Waals surface area contributed by atoms with Gasteiger partial charge in [-0.2, -0.15) is 0 Å². The average Bonchev–Trinajstić information content (AvgIpc) is 0.682. The van der Waals surface area contributed by atoms with Crippen LogP contribution in [0, 0.1) is 254 Å². The highest BCUT2D eigenvalue weighted by Crippen LogP contribution is 2.60. The fourth-order valence-electron chi connectivity index (χ4n) is 16.6. The maximum atomic E-state index is 7.82.